The number of hydrogen-bond acceptors (Lipinski definition) is 1. The molecule has 0 amide bonds. The Kier molecular flexibility index (Phi) is 2.14. The first kappa shape index (κ1) is 7.80. The van der Waals surface area contributed by atoms with Crippen LogP contribution in [0.4, 0.5) is 0 Å². The molecule has 0 saturated heterocycles. The molecular weight excluding hydrogens is 124 g/mol. The summed E-state index contributed by atoms with van der Waals surface area (Å²) in [6, 6.07) is 0. The lowest BCUT2D eigenvalue weighted by Crippen LogP contribution is -2.35. The predicted octanol–water partition coefficient (Wildman–Crippen LogP) is 2.11. The van der Waals surface area contributed by atoms with Gasteiger partial charge in [-0.1, -0.05) is 26.0 Å². The Morgan fingerprint density at radius 1 is 1.40 bits per heavy atom. The van der Waals surface area contributed by atoms with Gasteiger partial charge in [0, 0.05) is 0 Å². The number of aliphatic hydroxyl groups is 1. The van der Waals surface area contributed by atoms with Gasteiger partial charge in [0.05, 0.1) is 5.60 Å². The zero-order chi connectivity index (χ0) is 7.61. The highest BCUT2D eigenvalue weighted by Crippen LogP contribution is 2.30. The van der Waals surface area contributed by atoms with Gasteiger partial charge in [0.1, 0.15) is 0 Å². The Balaban J connectivity index is 2.59. The molecule has 0 heterocycles. The standard InChI is InChI=1S/C9H16O/c1-8(2)9(10)6-4-3-5-7-9/h3-4,8,10H,5-7H2,1-2H3. The van der Waals surface area contributed by atoms with Gasteiger partial charge in [0.2, 0.25) is 0 Å². The molecule has 1 nitrogen and oxygen atoms in total. The van der Waals surface area contributed by atoms with Crippen molar-refractivity contribution in [2.75, 3.05) is 0 Å². The molecule has 0 aliphatic heterocycles. The van der Waals surface area contributed by atoms with Crippen LogP contribution < -0.4 is 0 Å². The van der Waals surface area contributed by atoms with Gasteiger partial charge < -0.3 is 5.11 Å². The van der Waals surface area contributed by atoms with Gasteiger partial charge in [0.25, 0.3) is 0 Å². The Morgan fingerprint density at radius 3 is 2.40 bits per heavy atom. The third kappa shape index (κ3) is 1.40. The first-order valence-corrected chi connectivity index (χ1v) is 4.02. The summed E-state index contributed by atoms with van der Waals surface area (Å²) in [5.74, 6) is 0.387. The third-order valence-corrected chi connectivity index (χ3v) is 2.46. The molecule has 1 aliphatic rings. The van der Waals surface area contributed by atoms with E-state index in [1.165, 1.54) is 0 Å². The van der Waals surface area contributed by atoms with E-state index in [1.807, 2.05) is 0 Å². The first-order chi connectivity index (χ1) is 4.65. The minimum Gasteiger partial charge on any atom is -0.389 e. The Bertz CT molecular complexity index is 138. The summed E-state index contributed by atoms with van der Waals surface area (Å²) >= 11 is 0. The molecule has 0 spiro atoms. The molecule has 1 heteroatoms. The molecule has 0 aromatic rings. The van der Waals surface area contributed by atoms with Crippen LogP contribution in [0.3, 0.4) is 0 Å². The van der Waals surface area contributed by atoms with Crippen LogP contribution >= 0.6 is 0 Å². The van der Waals surface area contributed by atoms with Gasteiger partial charge in [-0.25, -0.2) is 0 Å². The van der Waals surface area contributed by atoms with Crippen molar-refractivity contribution in [3.05, 3.63) is 12.2 Å². The zero-order valence-electron chi connectivity index (χ0n) is 6.80. The molecule has 1 aliphatic carbocycles. The van der Waals surface area contributed by atoms with Crippen LogP contribution in [0.2, 0.25) is 0 Å². The smallest absolute Gasteiger partial charge is 0.0707 e. The molecular formula is C9H16O. The second-order valence-corrected chi connectivity index (χ2v) is 3.47. The van der Waals surface area contributed by atoms with Crippen molar-refractivity contribution in [2.45, 2.75) is 38.7 Å². The van der Waals surface area contributed by atoms with Crippen LogP contribution in [0.1, 0.15) is 33.1 Å². The van der Waals surface area contributed by atoms with E-state index in [2.05, 4.69) is 26.0 Å². The fraction of sp³-hybridized carbons (Fsp3) is 0.778. The Labute approximate surface area is 62.8 Å². The van der Waals surface area contributed by atoms with Gasteiger partial charge in [-0.3, -0.25) is 0 Å². The van der Waals surface area contributed by atoms with Crippen LogP contribution in [-0.4, -0.2) is 10.7 Å². The van der Waals surface area contributed by atoms with E-state index in [9.17, 15) is 5.11 Å². The van der Waals surface area contributed by atoms with E-state index < -0.39 is 5.60 Å². The van der Waals surface area contributed by atoms with Crippen molar-refractivity contribution in [2.24, 2.45) is 5.92 Å². The molecule has 0 aromatic carbocycles. The van der Waals surface area contributed by atoms with Gasteiger partial charge in [-0.05, 0) is 25.2 Å². The van der Waals surface area contributed by atoms with E-state index in [1.54, 1.807) is 0 Å². The molecule has 0 bridgehead atoms. The van der Waals surface area contributed by atoms with Crippen molar-refractivity contribution < 1.29 is 5.11 Å². The van der Waals surface area contributed by atoms with Gasteiger partial charge >= 0.3 is 0 Å². The maximum Gasteiger partial charge on any atom is 0.0707 e. The average molecular weight is 140 g/mol. The zero-order valence-corrected chi connectivity index (χ0v) is 6.80. The molecule has 0 aromatic heterocycles. The highest BCUT2D eigenvalue weighted by atomic mass is 16.3. The number of rotatable bonds is 1. The van der Waals surface area contributed by atoms with E-state index >= 15 is 0 Å². The second kappa shape index (κ2) is 2.75. The quantitative estimate of drug-likeness (QED) is 0.553. The SMILES string of the molecule is CC(C)C1(O)CC=CCC1. The van der Waals surface area contributed by atoms with E-state index in [-0.39, 0.29) is 0 Å². The third-order valence-electron chi connectivity index (χ3n) is 2.46. The molecule has 0 radical (unpaired) electrons. The molecule has 1 N–H and O–H groups in total. The summed E-state index contributed by atoms with van der Waals surface area (Å²) in [6.45, 7) is 4.16. The van der Waals surface area contributed by atoms with E-state index in [0.29, 0.717) is 5.92 Å². The topological polar surface area (TPSA) is 20.2 Å². The minimum absolute atomic E-state index is 0.387. The number of hydrogen-bond donors (Lipinski definition) is 1. The van der Waals surface area contributed by atoms with Gasteiger partial charge in [-0.15, -0.1) is 0 Å². The van der Waals surface area contributed by atoms with Crippen molar-refractivity contribution in [1.82, 2.24) is 0 Å². The summed E-state index contributed by atoms with van der Waals surface area (Å²) in [5, 5.41) is 9.90. The van der Waals surface area contributed by atoms with Crippen LogP contribution in [0.5, 0.6) is 0 Å². The Hall–Kier alpha value is -0.300. The highest BCUT2D eigenvalue weighted by Gasteiger charge is 2.29. The summed E-state index contributed by atoms with van der Waals surface area (Å²) in [4.78, 5) is 0. The van der Waals surface area contributed by atoms with Crippen LogP contribution in [0.25, 0.3) is 0 Å². The van der Waals surface area contributed by atoms with Gasteiger partial charge in [-0.2, -0.15) is 0 Å². The van der Waals surface area contributed by atoms with Crippen LogP contribution in [0.15, 0.2) is 12.2 Å². The molecule has 1 unspecified atom stereocenters. The van der Waals surface area contributed by atoms with Crippen LogP contribution in [0, 0.1) is 5.92 Å². The summed E-state index contributed by atoms with van der Waals surface area (Å²) in [7, 11) is 0. The number of allylic oxidation sites excluding steroid dienone is 1. The highest BCUT2D eigenvalue weighted by molar-refractivity contribution is 4.99. The minimum atomic E-state index is -0.408. The fourth-order valence-corrected chi connectivity index (χ4v) is 1.36. The molecule has 10 heavy (non-hydrogen) atoms. The maximum absolute atomic E-state index is 9.90. The second-order valence-electron chi connectivity index (χ2n) is 3.47. The monoisotopic (exact) mass is 140 g/mol. The Morgan fingerprint density at radius 2 is 2.10 bits per heavy atom. The average Bonchev–Trinajstić information content (AvgIpc) is 1.89. The van der Waals surface area contributed by atoms with Crippen molar-refractivity contribution in [3.63, 3.8) is 0 Å². The summed E-state index contributed by atoms with van der Waals surface area (Å²) < 4.78 is 0. The molecule has 0 saturated carbocycles. The predicted molar refractivity (Wildman–Crippen MR) is 42.8 cm³/mol. The lowest BCUT2D eigenvalue weighted by molar-refractivity contribution is -0.0128. The fourth-order valence-electron chi connectivity index (χ4n) is 1.36. The summed E-state index contributed by atoms with van der Waals surface area (Å²) in [5.41, 5.74) is -0.408. The summed E-state index contributed by atoms with van der Waals surface area (Å²) in [6.07, 6.45) is 7.04. The normalized spacial score (nSPS) is 33.2. The molecule has 58 valence electrons. The van der Waals surface area contributed by atoms with Crippen molar-refractivity contribution in [3.8, 4) is 0 Å². The lowest BCUT2D eigenvalue weighted by atomic mass is 9.80. The maximum atomic E-state index is 9.90. The van der Waals surface area contributed by atoms with Crippen molar-refractivity contribution >= 4 is 0 Å². The molecule has 0 fully saturated rings. The molecule has 1 rings (SSSR count). The van der Waals surface area contributed by atoms with E-state index in [4.69, 9.17) is 0 Å². The van der Waals surface area contributed by atoms with Crippen molar-refractivity contribution in [1.29, 1.82) is 0 Å². The van der Waals surface area contributed by atoms with E-state index in [0.717, 1.165) is 19.3 Å². The van der Waals surface area contributed by atoms with Crippen LogP contribution in [-0.2, 0) is 0 Å². The largest absolute Gasteiger partial charge is 0.389 e. The first-order valence-electron chi connectivity index (χ1n) is 4.02. The molecule has 1 atom stereocenters. The lowest BCUT2D eigenvalue weighted by Gasteiger charge is -2.33. The van der Waals surface area contributed by atoms with Gasteiger partial charge in [0.15, 0.2) is 0 Å².